The lowest BCUT2D eigenvalue weighted by Gasteiger charge is -2.37. The predicted molar refractivity (Wildman–Crippen MR) is 93.9 cm³/mol. The summed E-state index contributed by atoms with van der Waals surface area (Å²) < 4.78 is 5.34. The van der Waals surface area contributed by atoms with Gasteiger partial charge in [0.25, 0.3) is 5.91 Å². The van der Waals surface area contributed by atoms with Gasteiger partial charge in [-0.25, -0.2) is 4.98 Å². The van der Waals surface area contributed by atoms with E-state index in [0.717, 1.165) is 38.0 Å². The molecule has 2 aromatic heterocycles. The van der Waals surface area contributed by atoms with Crippen molar-refractivity contribution in [1.29, 1.82) is 0 Å². The molecule has 1 fully saturated rings. The van der Waals surface area contributed by atoms with Gasteiger partial charge in [-0.3, -0.25) is 9.69 Å². The van der Waals surface area contributed by atoms with Crippen molar-refractivity contribution in [2.75, 3.05) is 24.5 Å². The van der Waals surface area contributed by atoms with Gasteiger partial charge in [-0.15, -0.1) is 0 Å². The summed E-state index contributed by atoms with van der Waals surface area (Å²) in [6.45, 7) is 7.05. The first-order valence-electron chi connectivity index (χ1n) is 8.49. The highest BCUT2D eigenvalue weighted by Gasteiger charge is 2.31. The van der Waals surface area contributed by atoms with Crippen molar-refractivity contribution in [1.82, 2.24) is 9.88 Å². The molecule has 1 amide bonds. The van der Waals surface area contributed by atoms with Gasteiger partial charge in [-0.2, -0.15) is 0 Å². The summed E-state index contributed by atoms with van der Waals surface area (Å²) in [5.74, 6) is 0.945. The number of rotatable bonds is 5. The average Bonchev–Trinajstić information content (AvgIpc) is 3.13. The summed E-state index contributed by atoms with van der Waals surface area (Å²) >= 11 is 0. The minimum Gasteiger partial charge on any atom is -0.459 e. The van der Waals surface area contributed by atoms with Crippen LogP contribution in [0.3, 0.4) is 0 Å². The molecular formula is C19H24N3O2. The van der Waals surface area contributed by atoms with E-state index < -0.39 is 0 Å². The van der Waals surface area contributed by atoms with E-state index in [1.807, 2.05) is 24.0 Å². The van der Waals surface area contributed by atoms with Crippen molar-refractivity contribution in [3.63, 3.8) is 0 Å². The molecule has 2 aromatic rings. The van der Waals surface area contributed by atoms with Gasteiger partial charge < -0.3 is 9.32 Å². The number of aryl methyl sites for hydroxylation is 1. The minimum atomic E-state index is -0.114. The number of nitrogens with zero attached hydrogens (tertiary/aromatic N) is 3. The Balaban J connectivity index is 1.83. The van der Waals surface area contributed by atoms with Gasteiger partial charge in [-0.1, -0.05) is 13.0 Å². The molecule has 0 aliphatic carbocycles. The molecule has 0 spiro atoms. The van der Waals surface area contributed by atoms with Gasteiger partial charge in [-0.05, 0) is 49.9 Å². The Labute approximate surface area is 143 Å². The van der Waals surface area contributed by atoms with Gasteiger partial charge in [0.15, 0.2) is 5.76 Å². The lowest BCUT2D eigenvalue weighted by atomic mass is 10.0. The van der Waals surface area contributed by atoms with E-state index >= 15 is 0 Å². The fourth-order valence-corrected chi connectivity index (χ4v) is 3.20. The monoisotopic (exact) mass is 326 g/mol. The van der Waals surface area contributed by atoms with Crippen LogP contribution in [-0.4, -0.2) is 41.5 Å². The molecule has 5 nitrogen and oxygen atoms in total. The second-order valence-electron chi connectivity index (χ2n) is 6.29. The number of anilines is 1. The molecule has 0 N–H and O–H groups in total. The fourth-order valence-electron chi connectivity index (χ4n) is 3.20. The number of hydrogen-bond acceptors (Lipinski definition) is 4. The van der Waals surface area contributed by atoms with E-state index in [2.05, 4.69) is 23.2 Å². The van der Waals surface area contributed by atoms with Crippen molar-refractivity contribution in [2.24, 2.45) is 0 Å². The summed E-state index contributed by atoms with van der Waals surface area (Å²) in [5.41, 5.74) is 1.08. The first kappa shape index (κ1) is 16.7. The van der Waals surface area contributed by atoms with Crippen LogP contribution in [0.15, 0.2) is 41.1 Å². The number of pyridine rings is 1. The third-order valence-corrected chi connectivity index (χ3v) is 4.46. The van der Waals surface area contributed by atoms with Crippen LogP contribution in [0.2, 0.25) is 0 Å². The fraction of sp³-hybridized carbons (Fsp3) is 0.421. The lowest BCUT2D eigenvalue weighted by molar-refractivity contribution is 0.0933. The summed E-state index contributed by atoms with van der Waals surface area (Å²) in [6, 6.07) is 7.51. The van der Waals surface area contributed by atoms with Crippen LogP contribution in [0.25, 0.3) is 0 Å². The van der Waals surface area contributed by atoms with Crippen LogP contribution in [-0.2, 0) is 0 Å². The number of carbonyl (C=O) groups excluding carboxylic acids is 1. The van der Waals surface area contributed by atoms with Crippen molar-refractivity contribution >= 4 is 11.7 Å². The molecule has 1 radical (unpaired) electrons. The highest BCUT2D eigenvalue weighted by molar-refractivity contribution is 6.04. The molecule has 3 heterocycles. The third-order valence-electron chi connectivity index (χ3n) is 4.46. The standard InChI is InChI=1S/C19H24N3O2/c1-3-10-21-11-8-16(9-12-21)22(18-7-6-15(2)14-20-18)19(23)17-5-4-13-24-17/h3-7,13-14,16H,8-12H2,1-2H3. The lowest BCUT2D eigenvalue weighted by Crippen LogP contribution is -2.48. The maximum Gasteiger partial charge on any atom is 0.295 e. The zero-order valence-corrected chi connectivity index (χ0v) is 14.3. The zero-order chi connectivity index (χ0) is 16.9. The number of hydrogen-bond donors (Lipinski definition) is 0. The molecule has 0 aromatic carbocycles. The molecule has 0 unspecified atom stereocenters. The van der Waals surface area contributed by atoms with Crippen molar-refractivity contribution in [3.8, 4) is 0 Å². The van der Waals surface area contributed by atoms with E-state index in [9.17, 15) is 4.79 Å². The Hall–Kier alpha value is -2.14. The van der Waals surface area contributed by atoms with Crippen molar-refractivity contribution in [3.05, 3.63) is 54.5 Å². The number of amides is 1. The molecule has 127 valence electrons. The number of aromatic nitrogens is 1. The summed E-state index contributed by atoms with van der Waals surface area (Å²) in [6.07, 6.45) is 7.39. The van der Waals surface area contributed by atoms with Crippen molar-refractivity contribution < 1.29 is 9.21 Å². The number of carbonyl (C=O) groups is 1. The smallest absolute Gasteiger partial charge is 0.295 e. The van der Waals surface area contributed by atoms with Crippen LogP contribution >= 0.6 is 0 Å². The van der Waals surface area contributed by atoms with Crippen LogP contribution in [0.4, 0.5) is 5.82 Å². The van der Waals surface area contributed by atoms with E-state index in [1.54, 1.807) is 18.3 Å². The number of likely N-dealkylation sites (tertiary alicyclic amines) is 1. The zero-order valence-electron chi connectivity index (χ0n) is 14.3. The SMILES string of the molecule is C[CH]CN1CCC(N(C(=O)c2ccco2)c2ccc(C)cn2)CC1. The first-order chi connectivity index (χ1) is 11.7. The van der Waals surface area contributed by atoms with Crippen LogP contribution in [0.5, 0.6) is 0 Å². The molecule has 5 heteroatoms. The van der Waals surface area contributed by atoms with Crippen LogP contribution < -0.4 is 4.90 Å². The summed E-state index contributed by atoms with van der Waals surface area (Å²) in [5, 5.41) is 0. The van der Waals surface area contributed by atoms with Gasteiger partial charge in [0.1, 0.15) is 5.82 Å². The topological polar surface area (TPSA) is 49.6 Å². The second kappa shape index (κ2) is 7.62. The van der Waals surface area contributed by atoms with Gasteiger partial charge in [0, 0.05) is 31.9 Å². The first-order valence-corrected chi connectivity index (χ1v) is 8.49. The van der Waals surface area contributed by atoms with Crippen molar-refractivity contribution in [2.45, 2.75) is 32.7 Å². The number of piperidine rings is 1. The summed E-state index contributed by atoms with van der Waals surface area (Å²) in [7, 11) is 0. The molecule has 0 bridgehead atoms. The van der Waals surface area contributed by atoms with Crippen LogP contribution in [0, 0.1) is 13.3 Å². The quantitative estimate of drug-likeness (QED) is 0.846. The molecule has 1 aliphatic rings. The summed E-state index contributed by atoms with van der Waals surface area (Å²) in [4.78, 5) is 21.7. The predicted octanol–water partition coefficient (Wildman–Crippen LogP) is 3.32. The molecule has 24 heavy (non-hydrogen) atoms. The third kappa shape index (κ3) is 3.67. The van der Waals surface area contributed by atoms with Gasteiger partial charge in [0.05, 0.1) is 6.26 Å². The maximum absolute atomic E-state index is 13.0. The Morgan fingerprint density at radius 3 is 2.75 bits per heavy atom. The van der Waals surface area contributed by atoms with E-state index in [4.69, 9.17) is 4.42 Å². The average molecular weight is 326 g/mol. The normalized spacial score (nSPS) is 16.2. The highest BCUT2D eigenvalue weighted by Crippen LogP contribution is 2.25. The highest BCUT2D eigenvalue weighted by atomic mass is 16.3. The molecule has 1 saturated heterocycles. The van der Waals surface area contributed by atoms with E-state index in [-0.39, 0.29) is 11.9 Å². The van der Waals surface area contributed by atoms with E-state index in [0.29, 0.717) is 11.6 Å². The van der Waals surface area contributed by atoms with Crippen LogP contribution in [0.1, 0.15) is 35.9 Å². The van der Waals surface area contributed by atoms with E-state index in [1.165, 1.54) is 6.26 Å². The second-order valence-corrected chi connectivity index (χ2v) is 6.29. The molecule has 0 saturated carbocycles. The Morgan fingerprint density at radius 1 is 1.38 bits per heavy atom. The van der Waals surface area contributed by atoms with Gasteiger partial charge in [0.2, 0.25) is 0 Å². The minimum absolute atomic E-state index is 0.114. The number of furan rings is 1. The Kier molecular flexibility index (Phi) is 5.30. The largest absolute Gasteiger partial charge is 0.459 e. The molecular weight excluding hydrogens is 302 g/mol. The molecule has 1 aliphatic heterocycles. The Morgan fingerprint density at radius 2 is 2.17 bits per heavy atom. The maximum atomic E-state index is 13.0. The Bertz CT molecular complexity index is 644. The molecule has 0 atom stereocenters. The van der Waals surface area contributed by atoms with Gasteiger partial charge >= 0.3 is 0 Å². The molecule has 3 rings (SSSR count).